The van der Waals surface area contributed by atoms with Gasteiger partial charge in [-0.3, -0.25) is 4.79 Å². The Morgan fingerprint density at radius 3 is 2.72 bits per heavy atom. The zero-order valence-corrected chi connectivity index (χ0v) is 17.0. The second-order valence-corrected chi connectivity index (χ2v) is 7.08. The van der Waals surface area contributed by atoms with Gasteiger partial charge in [0.2, 0.25) is 5.88 Å². The fraction of sp³-hybridized carbons (Fsp3) is 0.333. The van der Waals surface area contributed by atoms with Crippen LogP contribution in [0, 0.1) is 0 Å². The normalized spacial score (nSPS) is 15.7. The Labute approximate surface area is 173 Å². The van der Waals surface area contributed by atoms with E-state index in [2.05, 4.69) is 0 Å². The molecular weight excluding hydrogens is 396 g/mol. The van der Waals surface area contributed by atoms with Gasteiger partial charge in [0.1, 0.15) is 11.3 Å². The van der Waals surface area contributed by atoms with E-state index < -0.39 is 11.9 Å². The molecule has 1 atom stereocenters. The number of hydrogen-bond donors (Lipinski definition) is 2. The minimum Gasteiger partial charge on any atom is -0.465 e. The fourth-order valence-corrected chi connectivity index (χ4v) is 3.90. The molecular formula is C21H23ClN2O5. The van der Waals surface area contributed by atoms with Crippen molar-refractivity contribution in [2.75, 3.05) is 13.7 Å². The van der Waals surface area contributed by atoms with Crippen molar-refractivity contribution in [1.82, 2.24) is 4.57 Å². The highest BCUT2D eigenvalue weighted by atomic mass is 35.5. The molecule has 154 valence electrons. The van der Waals surface area contributed by atoms with Crippen LogP contribution in [0.5, 0.6) is 5.75 Å². The zero-order valence-electron chi connectivity index (χ0n) is 16.3. The molecule has 3 N–H and O–H groups in total. The number of halogens is 1. The zero-order chi connectivity index (χ0) is 21.1. The van der Waals surface area contributed by atoms with Crippen LogP contribution >= 0.6 is 11.6 Å². The Kier molecular flexibility index (Phi) is 6.30. The second kappa shape index (κ2) is 8.71. The van der Waals surface area contributed by atoms with Gasteiger partial charge in [0, 0.05) is 23.3 Å². The Balaban J connectivity index is 2.36. The summed E-state index contributed by atoms with van der Waals surface area (Å²) in [5.41, 5.74) is 7.24. The molecule has 0 aliphatic carbocycles. The van der Waals surface area contributed by atoms with E-state index in [1.165, 1.54) is 11.7 Å². The Hall–Kier alpha value is -2.77. The number of benzene rings is 1. The summed E-state index contributed by atoms with van der Waals surface area (Å²) in [5, 5.41) is 9.85. The monoisotopic (exact) mass is 418 g/mol. The number of aromatic nitrogens is 1. The van der Waals surface area contributed by atoms with Crippen LogP contribution in [0.25, 0.3) is 0 Å². The Morgan fingerprint density at radius 2 is 2.10 bits per heavy atom. The standard InChI is InChI=1S/C21H23ClN2O5/c1-3-6-12-11-15-17(20(26)24(12)9-10-25)16(13-7-4-5-8-14(13)22)18(19(23)29-15)21(27)28-2/h4-5,7-8,11,16,25H,3,6,9-10,23H2,1-2H3. The van der Waals surface area contributed by atoms with E-state index in [-0.39, 0.29) is 41.5 Å². The second-order valence-electron chi connectivity index (χ2n) is 6.67. The molecule has 7 nitrogen and oxygen atoms in total. The van der Waals surface area contributed by atoms with E-state index in [0.717, 1.165) is 12.1 Å². The molecule has 0 saturated carbocycles. The van der Waals surface area contributed by atoms with E-state index in [1.54, 1.807) is 30.3 Å². The van der Waals surface area contributed by atoms with Crippen LogP contribution in [-0.2, 0) is 22.5 Å². The first kappa shape index (κ1) is 21.0. The number of carbonyl (C=O) groups is 1. The van der Waals surface area contributed by atoms with E-state index >= 15 is 0 Å². The van der Waals surface area contributed by atoms with Crippen LogP contribution in [0.1, 0.15) is 36.1 Å². The maximum Gasteiger partial charge on any atom is 0.340 e. The molecule has 1 aromatic carbocycles. The topological polar surface area (TPSA) is 104 Å². The van der Waals surface area contributed by atoms with Gasteiger partial charge in [0.05, 0.1) is 25.2 Å². The first-order chi connectivity index (χ1) is 13.9. The van der Waals surface area contributed by atoms with Gasteiger partial charge in [-0.2, -0.15) is 0 Å². The number of ether oxygens (including phenoxy) is 2. The molecule has 0 fully saturated rings. The SMILES string of the molecule is CCCc1cc2c(c(=O)n1CCO)C(c1ccccc1Cl)C(C(=O)OC)=C(N)O2. The summed E-state index contributed by atoms with van der Waals surface area (Å²) in [6.45, 7) is 1.92. The summed E-state index contributed by atoms with van der Waals surface area (Å²) in [5.74, 6) is -1.41. The number of methoxy groups -OCH3 is 1. The van der Waals surface area contributed by atoms with Crippen molar-refractivity contribution in [3.8, 4) is 5.75 Å². The van der Waals surface area contributed by atoms with Crippen molar-refractivity contribution in [2.45, 2.75) is 32.2 Å². The molecule has 1 aliphatic heterocycles. The molecule has 3 rings (SSSR count). The van der Waals surface area contributed by atoms with Crippen molar-refractivity contribution >= 4 is 17.6 Å². The molecule has 1 aromatic heterocycles. The number of pyridine rings is 1. The first-order valence-corrected chi connectivity index (χ1v) is 9.70. The quantitative estimate of drug-likeness (QED) is 0.698. The molecule has 1 unspecified atom stereocenters. The number of fused-ring (bicyclic) bond motifs is 1. The molecule has 0 bridgehead atoms. The van der Waals surface area contributed by atoms with Crippen LogP contribution in [0.2, 0.25) is 5.02 Å². The summed E-state index contributed by atoms with van der Waals surface area (Å²) in [4.78, 5) is 26.0. The highest BCUT2D eigenvalue weighted by molar-refractivity contribution is 6.31. The summed E-state index contributed by atoms with van der Waals surface area (Å²) >= 11 is 6.41. The van der Waals surface area contributed by atoms with Crippen LogP contribution in [-0.4, -0.2) is 29.4 Å². The van der Waals surface area contributed by atoms with Gasteiger partial charge in [-0.1, -0.05) is 43.1 Å². The van der Waals surface area contributed by atoms with Gasteiger partial charge in [-0.15, -0.1) is 0 Å². The summed E-state index contributed by atoms with van der Waals surface area (Å²) in [7, 11) is 1.23. The third kappa shape index (κ3) is 3.75. The first-order valence-electron chi connectivity index (χ1n) is 9.32. The number of aliphatic hydroxyl groups is 1. The molecule has 0 radical (unpaired) electrons. The lowest BCUT2D eigenvalue weighted by atomic mass is 9.83. The third-order valence-corrected chi connectivity index (χ3v) is 5.24. The summed E-state index contributed by atoms with van der Waals surface area (Å²) in [6.07, 6.45) is 1.42. The van der Waals surface area contributed by atoms with Crippen molar-refractivity contribution in [2.24, 2.45) is 5.73 Å². The summed E-state index contributed by atoms with van der Waals surface area (Å²) in [6, 6.07) is 8.66. The highest BCUT2D eigenvalue weighted by Crippen LogP contribution is 2.43. The van der Waals surface area contributed by atoms with Gasteiger partial charge in [0.15, 0.2) is 0 Å². The summed E-state index contributed by atoms with van der Waals surface area (Å²) < 4.78 is 12.1. The molecule has 8 heteroatoms. The van der Waals surface area contributed by atoms with Crippen LogP contribution in [0.3, 0.4) is 0 Å². The van der Waals surface area contributed by atoms with Crippen molar-refractivity contribution in [3.63, 3.8) is 0 Å². The Bertz CT molecular complexity index is 1030. The van der Waals surface area contributed by atoms with Crippen LogP contribution in [0.15, 0.2) is 46.6 Å². The highest BCUT2D eigenvalue weighted by Gasteiger charge is 2.39. The fourth-order valence-electron chi connectivity index (χ4n) is 3.66. The van der Waals surface area contributed by atoms with E-state index in [1.807, 2.05) is 6.92 Å². The number of aliphatic hydroxyl groups excluding tert-OH is 1. The van der Waals surface area contributed by atoms with Crippen molar-refractivity contribution in [3.05, 3.63) is 74.0 Å². The lowest BCUT2D eigenvalue weighted by molar-refractivity contribution is -0.136. The minimum absolute atomic E-state index is 0.0176. The number of aryl methyl sites for hydroxylation is 1. The molecule has 29 heavy (non-hydrogen) atoms. The maximum absolute atomic E-state index is 13.5. The molecule has 1 aliphatic rings. The van der Waals surface area contributed by atoms with Gasteiger partial charge < -0.3 is 24.9 Å². The van der Waals surface area contributed by atoms with Crippen LogP contribution < -0.4 is 16.0 Å². The number of hydrogen-bond acceptors (Lipinski definition) is 6. The lowest BCUT2D eigenvalue weighted by Gasteiger charge is -2.29. The van der Waals surface area contributed by atoms with E-state index in [9.17, 15) is 14.7 Å². The molecule has 0 amide bonds. The third-order valence-electron chi connectivity index (χ3n) is 4.90. The predicted molar refractivity (Wildman–Crippen MR) is 109 cm³/mol. The minimum atomic E-state index is -0.854. The number of carbonyl (C=O) groups excluding carboxylic acids is 1. The largest absolute Gasteiger partial charge is 0.465 e. The average Bonchev–Trinajstić information content (AvgIpc) is 2.70. The van der Waals surface area contributed by atoms with Crippen LogP contribution in [0.4, 0.5) is 0 Å². The molecule has 0 saturated heterocycles. The number of nitrogens with zero attached hydrogens (tertiary/aromatic N) is 1. The van der Waals surface area contributed by atoms with Gasteiger partial charge in [-0.05, 0) is 18.1 Å². The smallest absolute Gasteiger partial charge is 0.340 e. The number of nitrogens with two attached hydrogens (primary N) is 1. The maximum atomic E-state index is 13.5. The number of esters is 1. The molecule has 0 spiro atoms. The predicted octanol–water partition coefficient (Wildman–Crippen LogP) is 2.31. The lowest BCUT2D eigenvalue weighted by Crippen LogP contribution is -2.36. The Morgan fingerprint density at radius 1 is 1.38 bits per heavy atom. The molecule has 2 aromatic rings. The van der Waals surface area contributed by atoms with Gasteiger partial charge >= 0.3 is 5.97 Å². The van der Waals surface area contributed by atoms with Crippen molar-refractivity contribution < 1.29 is 19.4 Å². The van der Waals surface area contributed by atoms with Gasteiger partial charge in [-0.25, -0.2) is 4.79 Å². The number of rotatable bonds is 6. The van der Waals surface area contributed by atoms with E-state index in [4.69, 9.17) is 26.8 Å². The molecule has 2 heterocycles. The van der Waals surface area contributed by atoms with Crippen molar-refractivity contribution in [1.29, 1.82) is 0 Å². The van der Waals surface area contributed by atoms with E-state index in [0.29, 0.717) is 17.0 Å². The van der Waals surface area contributed by atoms with Gasteiger partial charge in [0.25, 0.3) is 5.56 Å². The average molecular weight is 419 g/mol.